The lowest BCUT2D eigenvalue weighted by Crippen LogP contribution is -2.58. The molecule has 0 bridgehead atoms. The van der Waals surface area contributed by atoms with Crippen LogP contribution < -0.4 is 24.4 Å². The van der Waals surface area contributed by atoms with Gasteiger partial charge >= 0.3 is 17.9 Å². The molecule has 0 aliphatic carbocycles. The molecule has 38 heavy (non-hydrogen) atoms. The highest BCUT2D eigenvalue weighted by atomic mass is 16.5. The summed E-state index contributed by atoms with van der Waals surface area (Å²) in [7, 11) is 2.75. The van der Waals surface area contributed by atoms with E-state index in [1.54, 1.807) is 54.6 Å². The first-order chi connectivity index (χ1) is 18.2. The number of para-hydroxylation sites is 1. The van der Waals surface area contributed by atoms with Crippen molar-refractivity contribution in [2.45, 2.75) is 24.6 Å². The standard InChI is InChI=1S/C26H26N4O8/c1-15(23(32)33)30-18-12-8-7-11-17(18)26(27-14-21(30)31,16-9-5-4-6-10-16)22(24(34)35)38-25-28-19(36-2)13-20(29-25)37-3/h4-13,15,22,27H,14H2,1-3H3,(H,32,33)(H,34,35)/t15-,22-,26+/m1/s1. The second-order valence-corrected chi connectivity index (χ2v) is 8.39. The fourth-order valence-corrected chi connectivity index (χ4v) is 4.50. The van der Waals surface area contributed by atoms with Crippen molar-refractivity contribution < 1.29 is 38.8 Å². The molecule has 2 aromatic carbocycles. The molecule has 3 atom stereocenters. The molecular formula is C26H26N4O8. The van der Waals surface area contributed by atoms with Gasteiger partial charge in [0.15, 0.2) is 0 Å². The number of aromatic nitrogens is 2. The van der Waals surface area contributed by atoms with E-state index in [9.17, 15) is 24.6 Å². The molecule has 3 aromatic rings. The third kappa shape index (κ3) is 4.68. The second kappa shape index (κ2) is 10.7. The molecule has 2 heterocycles. The topological polar surface area (TPSA) is 160 Å². The number of aliphatic carboxylic acids is 2. The van der Waals surface area contributed by atoms with Gasteiger partial charge in [0.05, 0.1) is 32.5 Å². The first kappa shape index (κ1) is 26.4. The zero-order valence-electron chi connectivity index (χ0n) is 20.8. The van der Waals surface area contributed by atoms with Crippen LogP contribution in [-0.4, -0.2) is 70.9 Å². The first-order valence-corrected chi connectivity index (χ1v) is 11.5. The van der Waals surface area contributed by atoms with Gasteiger partial charge < -0.3 is 24.4 Å². The average molecular weight is 523 g/mol. The quantitative estimate of drug-likeness (QED) is 0.375. The minimum Gasteiger partial charge on any atom is -0.481 e. The van der Waals surface area contributed by atoms with Crippen LogP contribution in [0.5, 0.6) is 17.8 Å². The van der Waals surface area contributed by atoms with Gasteiger partial charge in [-0.2, -0.15) is 9.97 Å². The number of carboxylic acid groups (broad SMARTS) is 2. The molecule has 1 amide bonds. The molecule has 1 aliphatic heterocycles. The normalized spacial score (nSPS) is 18.5. The maximum absolute atomic E-state index is 13.3. The van der Waals surface area contributed by atoms with Crippen LogP contribution in [-0.2, 0) is 19.9 Å². The molecule has 0 radical (unpaired) electrons. The van der Waals surface area contributed by atoms with E-state index in [4.69, 9.17) is 14.2 Å². The molecule has 12 heteroatoms. The van der Waals surface area contributed by atoms with E-state index in [1.165, 1.54) is 27.2 Å². The van der Waals surface area contributed by atoms with E-state index in [0.717, 1.165) is 4.90 Å². The van der Waals surface area contributed by atoms with E-state index in [2.05, 4.69) is 15.3 Å². The highest BCUT2D eigenvalue weighted by Crippen LogP contribution is 2.42. The summed E-state index contributed by atoms with van der Waals surface area (Å²) in [6.07, 6.45) is -1.74. The van der Waals surface area contributed by atoms with E-state index < -0.39 is 42.1 Å². The van der Waals surface area contributed by atoms with Crippen molar-refractivity contribution in [1.82, 2.24) is 15.3 Å². The van der Waals surface area contributed by atoms with Crippen molar-refractivity contribution in [3.05, 3.63) is 71.8 Å². The number of amides is 1. The fraction of sp³-hybridized carbons (Fsp3) is 0.269. The number of carbonyl (C=O) groups excluding carboxylic acids is 1. The van der Waals surface area contributed by atoms with E-state index in [0.29, 0.717) is 11.1 Å². The molecular weight excluding hydrogens is 496 g/mol. The number of ether oxygens (including phenoxy) is 3. The second-order valence-electron chi connectivity index (χ2n) is 8.39. The lowest BCUT2D eigenvalue weighted by Gasteiger charge is -2.39. The van der Waals surface area contributed by atoms with Crippen molar-refractivity contribution in [1.29, 1.82) is 0 Å². The first-order valence-electron chi connectivity index (χ1n) is 11.5. The van der Waals surface area contributed by atoms with Gasteiger partial charge in [-0.25, -0.2) is 9.59 Å². The van der Waals surface area contributed by atoms with Crippen LogP contribution in [0.25, 0.3) is 0 Å². The zero-order chi connectivity index (χ0) is 27.4. The molecule has 12 nitrogen and oxygen atoms in total. The monoisotopic (exact) mass is 522 g/mol. The van der Waals surface area contributed by atoms with Crippen molar-refractivity contribution >= 4 is 23.5 Å². The predicted octanol–water partition coefficient (Wildman–Crippen LogP) is 1.68. The Labute approximate surface area is 217 Å². The van der Waals surface area contributed by atoms with Crippen LogP contribution in [0, 0.1) is 0 Å². The number of nitrogens with one attached hydrogen (secondary N) is 1. The van der Waals surface area contributed by atoms with Crippen LogP contribution in [0.1, 0.15) is 18.1 Å². The largest absolute Gasteiger partial charge is 0.481 e. The van der Waals surface area contributed by atoms with Gasteiger partial charge in [0, 0.05) is 5.56 Å². The van der Waals surface area contributed by atoms with Crippen LogP contribution in [0.2, 0.25) is 0 Å². The summed E-state index contributed by atoms with van der Waals surface area (Å²) in [5.74, 6) is -3.02. The van der Waals surface area contributed by atoms with Crippen molar-refractivity contribution in [2.24, 2.45) is 0 Å². The van der Waals surface area contributed by atoms with Crippen molar-refractivity contribution in [2.75, 3.05) is 25.7 Å². The fourth-order valence-electron chi connectivity index (χ4n) is 4.50. The lowest BCUT2D eigenvalue weighted by atomic mass is 9.77. The SMILES string of the molecule is COc1cc(OC)nc(O[C@H](C(=O)O)[C@@]2(c3ccccc3)NCC(=O)N([C@H](C)C(=O)O)c3ccccc32)n1. The number of carbonyl (C=O) groups is 3. The molecule has 0 saturated heterocycles. The minimum absolute atomic E-state index is 0.0793. The minimum atomic E-state index is -1.74. The molecule has 1 aromatic heterocycles. The Morgan fingerprint density at radius 3 is 2.16 bits per heavy atom. The molecule has 1 aliphatic rings. The third-order valence-electron chi connectivity index (χ3n) is 6.27. The van der Waals surface area contributed by atoms with Gasteiger partial charge in [0.1, 0.15) is 11.6 Å². The number of hydrogen-bond donors (Lipinski definition) is 3. The predicted molar refractivity (Wildman–Crippen MR) is 133 cm³/mol. The summed E-state index contributed by atoms with van der Waals surface area (Å²) in [6.45, 7) is 0.991. The van der Waals surface area contributed by atoms with Crippen LogP contribution in [0.3, 0.4) is 0 Å². The summed E-state index contributed by atoms with van der Waals surface area (Å²) in [6, 6.07) is 14.9. The molecule has 3 N–H and O–H groups in total. The Hall–Kier alpha value is -4.71. The maximum Gasteiger partial charge on any atom is 0.347 e. The van der Waals surface area contributed by atoms with Gasteiger partial charge in [-0.05, 0) is 18.6 Å². The Bertz CT molecular complexity index is 1330. The van der Waals surface area contributed by atoms with Gasteiger partial charge in [0.2, 0.25) is 23.8 Å². The number of fused-ring (bicyclic) bond motifs is 1. The summed E-state index contributed by atoms with van der Waals surface area (Å²) >= 11 is 0. The third-order valence-corrected chi connectivity index (χ3v) is 6.27. The van der Waals surface area contributed by atoms with Gasteiger partial charge in [0.25, 0.3) is 0 Å². The maximum atomic E-state index is 13.3. The number of methoxy groups -OCH3 is 2. The Morgan fingerprint density at radius 1 is 0.974 bits per heavy atom. The van der Waals surface area contributed by atoms with Gasteiger partial charge in [-0.1, -0.05) is 48.5 Å². The highest BCUT2D eigenvalue weighted by Gasteiger charge is 2.52. The van der Waals surface area contributed by atoms with Crippen molar-refractivity contribution in [3.8, 4) is 17.8 Å². The number of anilines is 1. The summed E-state index contributed by atoms with van der Waals surface area (Å²) < 4.78 is 16.3. The number of hydrogen-bond acceptors (Lipinski definition) is 9. The zero-order valence-corrected chi connectivity index (χ0v) is 20.8. The Balaban J connectivity index is 2.00. The summed E-state index contributed by atoms with van der Waals surface area (Å²) in [4.78, 5) is 47.6. The molecule has 198 valence electrons. The molecule has 0 saturated carbocycles. The lowest BCUT2D eigenvalue weighted by molar-refractivity contribution is -0.149. The molecule has 0 spiro atoms. The van der Waals surface area contributed by atoms with Crippen molar-refractivity contribution in [3.63, 3.8) is 0 Å². The van der Waals surface area contributed by atoms with E-state index in [-0.39, 0.29) is 23.5 Å². The molecule has 4 rings (SSSR count). The molecule has 0 fully saturated rings. The van der Waals surface area contributed by atoms with Gasteiger partial charge in [-0.3, -0.25) is 15.0 Å². The Kier molecular flexibility index (Phi) is 7.44. The van der Waals surface area contributed by atoms with E-state index >= 15 is 0 Å². The van der Waals surface area contributed by atoms with Crippen LogP contribution >= 0.6 is 0 Å². The average Bonchev–Trinajstić information content (AvgIpc) is 3.05. The Morgan fingerprint density at radius 2 is 1.58 bits per heavy atom. The number of rotatable bonds is 9. The van der Waals surface area contributed by atoms with Gasteiger partial charge in [-0.15, -0.1) is 0 Å². The number of benzene rings is 2. The summed E-state index contributed by atoms with van der Waals surface area (Å²) in [5, 5.41) is 23.4. The number of carboxylic acids is 2. The number of nitrogens with zero attached hydrogens (tertiary/aromatic N) is 3. The highest BCUT2D eigenvalue weighted by molar-refractivity contribution is 6.02. The smallest absolute Gasteiger partial charge is 0.347 e. The van der Waals surface area contributed by atoms with Crippen LogP contribution in [0.4, 0.5) is 5.69 Å². The van der Waals surface area contributed by atoms with Crippen LogP contribution in [0.15, 0.2) is 60.7 Å². The molecule has 0 unspecified atom stereocenters. The van der Waals surface area contributed by atoms with E-state index in [1.807, 2.05) is 0 Å². The summed E-state index contributed by atoms with van der Waals surface area (Å²) in [5.41, 5.74) is -0.702.